The summed E-state index contributed by atoms with van der Waals surface area (Å²) in [7, 11) is -3.84. The van der Waals surface area contributed by atoms with Gasteiger partial charge >= 0.3 is 0 Å². The van der Waals surface area contributed by atoms with E-state index < -0.39 is 15.8 Å². The number of guanidine groups is 1. The fraction of sp³-hybridized carbons (Fsp3) is 0.100. The number of halogens is 2. The van der Waals surface area contributed by atoms with E-state index in [9.17, 15) is 12.8 Å². The molecule has 154 valence electrons. The molecule has 0 saturated heterocycles. The summed E-state index contributed by atoms with van der Waals surface area (Å²) in [4.78, 5) is 8.14. The molecule has 0 spiro atoms. The van der Waals surface area contributed by atoms with Crippen molar-refractivity contribution in [3.63, 3.8) is 0 Å². The van der Waals surface area contributed by atoms with Crippen molar-refractivity contribution < 1.29 is 12.8 Å². The van der Waals surface area contributed by atoms with Crippen LogP contribution in [0.5, 0.6) is 0 Å². The number of nitrogens with one attached hydrogen (secondary N) is 3. The fourth-order valence-corrected chi connectivity index (χ4v) is 4.32. The van der Waals surface area contributed by atoms with Gasteiger partial charge in [-0.25, -0.2) is 22.5 Å². The molecule has 2 aromatic carbocycles. The SMILES string of the molecule is O=S1(=O)NC(=NCc2ncccc2F)Nc2c(NCc3ccccc3Cl)cccc21. The quantitative estimate of drug-likeness (QED) is 0.556. The van der Waals surface area contributed by atoms with Crippen molar-refractivity contribution in [1.82, 2.24) is 9.71 Å². The highest BCUT2D eigenvalue weighted by Gasteiger charge is 2.28. The minimum absolute atomic E-state index is 0.0143. The van der Waals surface area contributed by atoms with Gasteiger partial charge in [-0.15, -0.1) is 0 Å². The molecule has 3 N–H and O–H groups in total. The van der Waals surface area contributed by atoms with Crippen LogP contribution in [0.4, 0.5) is 15.8 Å². The van der Waals surface area contributed by atoms with E-state index in [4.69, 9.17) is 11.6 Å². The Kier molecular flexibility index (Phi) is 5.56. The van der Waals surface area contributed by atoms with Gasteiger partial charge in [0.15, 0.2) is 0 Å². The third kappa shape index (κ3) is 4.22. The molecule has 10 heteroatoms. The highest BCUT2D eigenvalue weighted by Crippen LogP contribution is 2.33. The third-order valence-electron chi connectivity index (χ3n) is 4.44. The van der Waals surface area contributed by atoms with Crippen LogP contribution in [0.15, 0.2) is 70.7 Å². The second kappa shape index (κ2) is 8.29. The van der Waals surface area contributed by atoms with Crippen LogP contribution in [0, 0.1) is 5.82 Å². The highest BCUT2D eigenvalue weighted by molar-refractivity contribution is 7.90. The summed E-state index contributed by atoms with van der Waals surface area (Å²) in [6.45, 7) is 0.277. The largest absolute Gasteiger partial charge is 0.379 e. The summed E-state index contributed by atoms with van der Waals surface area (Å²) in [6, 6.07) is 15.0. The maximum Gasteiger partial charge on any atom is 0.266 e. The van der Waals surface area contributed by atoms with Crippen molar-refractivity contribution in [3.8, 4) is 0 Å². The summed E-state index contributed by atoms with van der Waals surface area (Å²) in [6.07, 6.45) is 1.45. The lowest BCUT2D eigenvalue weighted by Gasteiger charge is -2.24. The smallest absolute Gasteiger partial charge is 0.266 e. The molecule has 1 aliphatic heterocycles. The van der Waals surface area contributed by atoms with Crippen molar-refractivity contribution in [2.24, 2.45) is 4.99 Å². The van der Waals surface area contributed by atoms with Crippen LogP contribution in [0.25, 0.3) is 0 Å². The molecule has 0 unspecified atom stereocenters. The van der Waals surface area contributed by atoms with E-state index in [0.717, 1.165) is 5.56 Å². The molecular formula is C20H17ClFN5O2S. The number of anilines is 2. The standard InChI is InChI=1S/C20H17ClFN5O2S/c21-14-6-2-1-5-13(14)11-24-16-8-3-9-18-19(16)26-20(27-30(18,28)29)25-12-17-15(22)7-4-10-23-17/h1-10,24H,11-12H2,(H2,25,26,27). The summed E-state index contributed by atoms with van der Waals surface area (Å²) in [5.74, 6) is -0.525. The number of rotatable bonds is 5. The summed E-state index contributed by atoms with van der Waals surface area (Å²) in [5.41, 5.74) is 1.90. The average Bonchev–Trinajstić information content (AvgIpc) is 2.72. The maximum absolute atomic E-state index is 13.8. The predicted octanol–water partition coefficient (Wildman–Crippen LogP) is 3.75. The number of benzene rings is 2. The van der Waals surface area contributed by atoms with Crippen molar-refractivity contribution in [1.29, 1.82) is 0 Å². The number of nitrogens with zero attached hydrogens (tertiary/aromatic N) is 2. The molecule has 1 aliphatic rings. The van der Waals surface area contributed by atoms with E-state index in [0.29, 0.717) is 22.9 Å². The zero-order valence-corrected chi connectivity index (χ0v) is 17.1. The monoisotopic (exact) mass is 445 g/mol. The van der Waals surface area contributed by atoms with Crippen LogP contribution in [-0.4, -0.2) is 19.4 Å². The topological polar surface area (TPSA) is 95.5 Å². The van der Waals surface area contributed by atoms with E-state index in [-0.39, 0.29) is 23.1 Å². The summed E-state index contributed by atoms with van der Waals surface area (Å²) >= 11 is 6.20. The van der Waals surface area contributed by atoms with Gasteiger partial charge in [0, 0.05) is 17.8 Å². The molecule has 0 amide bonds. The molecule has 1 aromatic heterocycles. The average molecular weight is 446 g/mol. The number of hydrogen-bond donors (Lipinski definition) is 3. The van der Waals surface area contributed by atoms with E-state index in [1.165, 1.54) is 24.4 Å². The zero-order chi connectivity index (χ0) is 21.1. The third-order valence-corrected chi connectivity index (χ3v) is 6.19. The van der Waals surface area contributed by atoms with Gasteiger partial charge in [-0.1, -0.05) is 35.9 Å². The summed E-state index contributed by atoms with van der Waals surface area (Å²) in [5, 5.41) is 6.79. The molecule has 0 atom stereocenters. The lowest BCUT2D eigenvalue weighted by atomic mass is 10.2. The number of para-hydroxylation sites is 1. The van der Waals surface area contributed by atoms with E-state index in [2.05, 4.69) is 25.3 Å². The predicted molar refractivity (Wildman–Crippen MR) is 114 cm³/mol. The highest BCUT2D eigenvalue weighted by atomic mass is 35.5. The summed E-state index contributed by atoms with van der Waals surface area (Å²) < 4.78 is 41.5. The molecule has 7 nitrogen and oxygen atoms in total. The molecular weight excluding hydrogens is 429 g/mol. The van der Waals surface area contributed by atoms with Crippen LogP contribution < -0.4 is 15.4 Å². The Balaban J connectivity index is 1.61. The van der Waals surface area contributed by atoms with Gasteiger partial charge in [0.2, 0.25) is 5.96 Å². The number of hydrogen-bond acceptors (Lipinski definition) is 5. The lowest BCUT2D eigenvalue weighted by molar-refractivity contribution is 0.591. The molecule has 0 bridgehead atoms. The van der Waals surface area contributed by atoms with Gasteiger partial charge in [0.1, 0.15) is 10.7 Å². The van der Waals surface area contributed by atoms with Crippen molar-refractivity contribution in [3.05, 3.63) is 82.9 Å². The number of sulfonamides is 1. The normalized spacial score (nSPS) is 15.7. The van der Waals surface area contributed by atoms with Crippen molar-refractivity contribution >= 4 is 39.0 Å². The Morgan fingerprint density at radius 1 is 1.10 bits per heavy atom. The first-order valence-electron chi connectivity index (χ1n) is 8.98. The van der Waals surface area contributed by atoms with Gasteiger partial charge in [0.05, 0.1) is 23.6 Å². The van der Waals surface area contributed by atoms with Crippen LogP contribution in [0.1, 0.15) is 11.3 Å². The van der Waals surface area contributed by atoms with Crippen LogP contribution >= 0.6 is 11.6 Å². The van der Waals surface area contributed by atoms with E-state index >= 15 is 0 Å². The first-order chi connectivity index (χ1) is 14.4. The maximum atomic E-state index is 13.8. The number of aromatic nitrogens is 1. The molecule has 30 heavy (non-hydrogen) atoms. The molecule has 0 fully saturated rings. The van der Waals surface area contributed by atoms with Crippen LogP contribution in [0.3, 0.4) is 0 Å². The van der Waals surface area contributed by atoms with Crippen LogP contribution in [0.2, 0.25) is 5.02 Å². The minimum atomic E-state index is -3.84. The van der Waals surface area contributed by atoms with E-state index in [1.54, 1.807) is 18.2 Å². The Labute approximate surface area is 178 Å². The number of pyridine rings is 1. The molecule has 2 heterocycles. The minimum Gasteiger partial charge on any atom is -0.379 e. The zero-order valence-electron chi connectivity index (χ0n) is 15.6. The molecule has 3 aromatic rings. The van der Waals surface area contributed by atoms with Crippen LogP contribution in [-0.2, 0) is 23.1 Å². The second-order valence-corrected chi connectivity index (χ2v) is 8.51. The van der Waals surface area contributed by atoms with E-state index in [1.807, 2.05) is 18.2 Å². The Morgan fingerprint density at radius 2 is 1.93 bits per heavy atom. The molecule has 4 rings (SSSR count). The van der Waals surface area contributed by atoms with Gasteiger partial charge in [-0.2, -0.15) is 0 Å². The van der Waals surface area contributed by atoms with Gasteiger partial charge < -0.3 is 10.6 Å². The van der Waals surface area contributed by atoms with Crippen molar-refractivity contribution in [2.75, 3.05) is 10.6 Å². The second-order valence-electron chi connectivity index (χ2n) is 6.45. The first kappa shape index (κ1) is 20.1. The first-order valence-corrected chi connectivity index (χ1v) is 10.8. The number of aliphatic imine (C=N–C) groups is 1. The lowest BCUT2D eigenvalue weighted by Crippen LogP contribution is -2.41. The Hall–Kier alpha value is -3.17. The van der Waals surface area contributed by atoms with Crippen molar-refractivity contribution in [2.45, 2.75) is 18.0 Å². The molecule has 0 aliphatic carbocycles. The van der Waals surface area contributed by atoms with Gasteiger partial charge in [-0.3, -0.25) is 4.98 Å². The van der Waals surface area contributed by atoms with Gasteiger partial charge in [0.25, 0.3) is 10.0 Å². The Morgan fingerprint density at radius 3 is 2.73 bits per heavy atom. The van der Waals surface area contributed by atoms with Gasteiger partial charge in [-0.05, 0) is 35.9 Å². The molecule has 0 saturated carbocycles. The Bertz CT molecular complexity index is 1230. The number of fused-ring (bicyclic) bond motifs is 1. The molecule has 0 radical (unpaired) electrons. The fourth-order valence-electron chi connectivity index (χ4n) is 2.95.